The lowest BCUT2D eigenvalue weighted by molar-refractivity contribution is 0.118. The van der Waals surface area contributed by atoms with E-state index in [1.807, 2.05) is 24.3 Å². The Morgan fingerprint density at radius 1 is 1.04 bits per heavy atom. The van der Waals surface area contributed by atoms with Crippen molar-refractivity contribution in [2.75, 3.05) is 13.7 Å². The van der Waals surface area contributed by atoms with Crippen molar-refractivity contribution in [3.8, 4) is 17.9 Å². The van der Waals surface area contributed by atoms with E-state index in [-0.39, 0.29) is 0 Å². The molecule has 0 saturated heterocycles. The minimum atomic E-state index is 0.496. The third kappa shape index (κ3) is 4.56. The van der Waals surface area contributed by atoms with Gasteiger partial charge in [-0.15, -0.1) is 0 Å². The number of aromatic nitrogens is 1. The SMILES string of the molecule is COc1ccc(COCCCc2nc(C)c(C#N)c(C)c2C#N)cc1. The van der Waals surface area contributed by atoms with Gasteiger partial charge in [-0.2, -0.15) is 10.5 Å². The summed E-state index contributed by atoms with van der Waals surface area (Å²) in [4.78, 5) is 4.44. The number of hydrogen-bond acceptors (Lipinski definition) is 5. The van der Waals surface area contributed by atoms with Crippen LogP contribution in [0, 0.1) is 36.5 Å². The molecule has 1 aromatic carbocycles. The Balaban J connectivity index is 1.89. The molecule has 0 bridgehead atoms. The van der Waals surface area contributed by atoms with Crippen molar-refractivity contribution in [2.45, 2.75) is 33.3 Å². The van der Waals surface area contributed by atoms with Crippen molar-refractivity contribution in [3.63, 3.8) is 0 Å². The summed E-state index contributed by atoms with van der Waals surface area (Å²) in [6.45, 7) is 4.72. The van der Waals surface area contributed by atoms with Crippen molar-refractivity contribution in [1.29, 1.82) is 10.5 Å². The number of nitrogens with zero attached hydrogens (tertiary/aromatic N) is 3. The average Bonchev–Trinajstić information content (AvgIpc) is 2.62. The molecular weight excluding hydrogens is 314 g/mol. The molecule has 2 aromatic rings. The van der Waals surface area contributed by atoms with E-state index in [0.717, 1.165) is 23.4 Å². The Bertz CT molecular complexity index is 815. The molecule has 2 rings (SSSR count). The zero-order valence-corrected chi connectivity index (χ0v) is 14.8. The first kappa shape index (κ1) is 18.4. The summed E-state index contributed by atoms with van der Waals surface area (Å²) in [6.07, 6.45) is 1.42. The van der Waals surface area contributed by atoms with Gasteiger partial charge >= 0.3 is 0 Å². The standard InChI is InChI=1S/C20H21N3O2/c1-14-18(11-21)15(2)23-20(19(14)12-22)5-4-10-25-13-16-6-8-17(24-3)9-7-16/h6-9H,4-5,10,13H2,1-3H3. The lowest BCUT2D eigenvalue weighted by Gasteiger charge is -2.10. The quantitative estimate of drug-likeness (QED) is 0.722. The second-order valence-corrected chi connectivity index (χ2v) is 5.75. The largest absolute Gasteiger partial charge is 0.497 e. The summed E-state index contributed by atoms with van der Waals surface area (Å²) < 4.78 is 10.8. The van der Waals surface area contributed by atoms with Crippen LogP contribution in [0.5, 0.6) is 5.75 Å². The average molecular weight is 335 g/mol. The summed E-state index contributed by atoms with van der Waals surface area (Å²) in [5.74, 6) is 0.824. The Kier molecular flexibility index (Phi) is 6.51. The second-order valence-electron chi connectivity index (χ2n) is 5.75. The van der Waals surface area contributed by atoms with E-state index in [0.29, 0.717) is 42.0 Å². The molecule has 1 aromatic heterocycles. The second kappa shape index (κ2) is 8.82. The van der Waals surface area contributed by atoms with Crippen LogP contribution in [0.3, 0.4) is 0 Å². The van der Waals surface area contributed by atoms with Gasteiger partial charge in [0.1, 0.15) is 17.9 Å². The predicted molar refractivity (Wildman–Crippen MR) is 94.1 cm³/mol. The highest BCUT2D eigenvalue weighted by Gasteiger charge is 2.14. The van der Waals surface area contributed by atoms with E-state index < -0.39 is 0 Å². The lowest BCUT2D eigenvalue weighted by atomic mass is 9.99. The molecule has 0 fully saturated rings. The summed E-state index contributed by atoms with van der Waals surface area (Å²) in [7, 11) is 1.64. The first-order valence-corrected chi connectivity index (χ1v) is 8.11. The molecule has 0 aliphatic rings. The van der Waals surface area contributed by atoms with Crippen LogP contribution in [0.2, 0.25) is 0 Å². The molecule has 0 amide bonds. The van der Waals surface area contributed by atoms with Gasteiger partial charge in [-0.05, 0) is 49.9 Å². The van der Waals surface area contributed by atoms with Crippen molar-refractivity contribution < 1.29 is 9.47 Å². The van der Waals surface area contributed by atoms with Crippen LogP contribution in [0.15, 0.2) is 24.3 Å². The molecule has 0 atom stereocenters. The van der Waals surface area contributed by atoms with E-state index in [1.54, 1.807) is 21.0 Å². The molecule has 0 N–H and O–H groups in total. The fourth-order valence-corrected chi connectivity index (χ4v) is 2.67. The van der Waals surface area contributed by atoms with Crippen LogP contribution in [0.4, 0.5) is 0 Å². The number of pyridine rings is 1. The summed E-state index contributed by atoms with van der Waals surface area (Å²) in [5, 5.41) is 18.5. The third-order valence-corrected chi connectivity index (χ3v) is 4.06. The Morgan fingerprint density at radius 3 is 2.32 bits per heavy atom. The maximum Gasteiger partial charge on any atom is 0.118 e. The Morgan fingerprint density at radius 2 is 1.72 bits per heavy atom. The van der Waals surface area contributed by atoms with Crippen molar-refractivity contribution >= 4 is 0 Å². The maximum absolute atomic E-state index is 9.36. The highest BCUT2D eigenvalue weighted by Crippen LogP contribution is 2.20. The molecule has 0 aliphatic heterocycles. The third-order valence-electron chi connectivity index (χ3n) is 4.06. The van der Waals surface area contributed by atoms with Gasteiger partial charge in [-0.25, -0.2) is 0 Å². The van der Waals surface area contributed by atoms with Crippen LogP contribution >= 0.6 is 0 Å². The molecular formula is C20H21N3O2. The van der Waals surface area contributed by atoms with Crippen LogP contribution < -0.4 is 4.74 Å². The van der Waals surface area contributed by atoms with Gasteiger partial charge in [-0.1, -0.05) is 12.1 Å². The number of benzene rings is 1. The molecule has 0 aliphatic carbocycles. The van der Waals surface area contributed by atoms with Gasteiger partial charge in [0.25, 0.3) is 0 Å². The number of methoxy groups -OCH3 is 1. The van der Waals surface area contributed by atoms with Gasteiger partial charge in [0, 0.05) is 6.61 Å². The molecule has 5 heteroatoms. The Labute approximate surface area is 148 Å². The van der Waals surface area contributed by atoms with Gasteiger partial charge in [0.2, 0.25) is 0 Å². The highest BCUT2D eigenvalue weighted by atomic mass is 16.5. The molecule has 0 saturated carbocycles. The summed E-state index contributed by atoms with van der Waals surface area (Å²) >= 11 is 0. The van der Waals surface area contributed by atoms with Crippen LogP contribution in [0.25, 0.3) is 0 Å². The maximum atomic E-state index is 9.36. The van der Waals surface area contributed by atoms with Gasteiger partial charge in [0.05, 0.1) is 36.2 Å². The monoisotopic (exact) mass is 335 g/mol. The predicted octanol–water partition coefficient (Wildman–Crippen LogP) is 3.60. The van der Waals surface area contributed by atoms with Crippen molar-refractivity contribution in [2.24, 2.45) is 0 Å². The smallest absolute Gasteiger partial charge is 0.118 e. The zero-order valence-electron chi connectivity index (χ0n) is 14.8. The molecule has 0 spiro atoms. The number of hydrogen-bond donors (Lipinski definition) is 0. The number of rotatable bonds is 7. The van der Waals surface area contributed by atoms with E-state index in [9.17, 15) is 10.5 Å². The van der Waals surface area contributed by atoms with E-state index in [1.165, 1.54) is 0 Å². The number of nitriles is 2. The van der Waals surface area contributed by atoms with Crippen LogP contribution in [-0.2, 0) is 17.8 Å². The fraction of sp³-hybridized carbons (Fsp3) is 0.350. The molecule has 25 heavy (non-hydrogen) atoms. The molecule has 0 unspecified atom stereocenters. The fourth-order valence-electron chi connectivity index (χ4n) is 2.67. The van der Waals surface area contributed by atoms with Gasteiger partial charge < -0.3 is 9.47 Å². The minimum absolute atomic E-state index is 0.496. The van der Waals surface area contributed by atoms with E-state index in [4.69, 9.17) is 9.47 Å². The molecule has 0 radical (unpaired) electrons. The topological polar surface area (TPSA) is 78.9 Å². The minimum Gasteiger partial charge on any atom is -0.497 e. The number of ether oxygens (including phenoxy) is 2. The van der Waals surface area contributed by atoms with Crippen molar-refractivity contribution in [3.05, 3.63) is 57.9 Å². The lowest BCUT2D eigenvalue weighted by Crippen LogP contribution is -2.06. The first-order valence-electron chi connectivity index (χ1n) is 8.11. The molecule has 128 valence electrons. The van der Waals surface area contributed by atoms with Gasteiger partial charge in [0.15, 0.2) is 0 Å². The molecule has 1 heterocycles. The number of aryl methyl sites for hydroxylation is 2. The Hall–Kier alpha value is -2.89. The molecule has 5 nitrogen and oxygen atoms in total. The zero-order chi connectivity index (χ0) is 18.2. The van der Waals surface area contributed by atoms with E-state index >= 15 is 0 Å². The normalized spacial score (nSPS) is 10.1. The summed E-state index contributed by atoms with van der Waals surface area (Å²) in [6, 6.07) is 12.1. The summed E-state index contributed by atoms with van der Waals surface area (Å²) in [5.41, 5.74) is 4.22. The first-order chi connectivity index (χ1) is 12.1. The van der Waals surface area contributed by atoms with Crippen LogP contribution in [0.1, 0.15) is 40.1 Å². The van der Waals surface area contributed by atoms with Gasteiger partial charge in [-0.3, -0.25) is 4.98 Å². The van der Waals surface area contributed by atoms with Crippen molar-refractivity contribution in [1.82, 2.24) is 4.98 Å². The van der Waals surface area contributed by atoms with Crippen LogP contribution in [-0.4, -0.2) is 18.7 Å². The highest BCUT2D eigenvalue weighted by molar-refractivity contribution is 5.51. The van der Waals surface area contributed by atoms with E-state index in [2.05, 4.69) is 17.1 Å².